The number of carbonyl (C=O) groups is 2. The van der Waals surface area contributed by atoms with E-state index in [1.807, 2.05) is 0 Å². The van der Waals surface area contributed by atoms with E-state index in [0.717, 1.165) is 12.8 Å². The van der Waals surface area contributed by atoms with Crippen LogP contribution >= 0.6 is 0 Å². The van der Waals surface area contributed by atoms with E-state index in [-0.39, 0.29) is 18.4 Å². The highest BCUT2D eigenvalue weighted by Crippen LogP contribution is 2.32. The van der Waals surface area contributed by atoms with Gasteiger partial charge in [0.25, 0.3) is 5.91 Å². The molecule has 5 heteroatoms. The third kappa shape index (κ3) is 4.06. The predicted molar refractivity (Wildman–Crippen MR) is 71.8 cm³/mol. The molecule has 0 aromatic heterocycles. The highest BCUT2D eigenvalue weighted by molar-refractivity contribution is 5.95. The normalized spacial score (nSPS) is 15.7. The smallest absolute Gasteiger partial charge is 0.251 e. The monoisotopic (exact) mass is 262 g/mol. The Morgan fingerprint density at radius 1 is 1.32 bits per heavy atom. The number of hydrogen-bond donors (Lipinski definition) is 3. The van der Waals surface area contributed by atoms with E-state index in [1.54, 1.807) is 24.3 Å². The summed E-state index contributed by atoms with van der Waals surface area (Å²) in [5.74, 6) is -0.0127. The number of carbonyl (C=O) groups excluding carboxylic acids is 2. The average Bonchev–Trinajstić information content (AvgIpc) is 3.20. The van der Waals surface area contributed by atoms with Crippen LogP contribution in [-0.4, -0.2) is 29.6 Å². The van der Waals surface area contributed by atoms with Crippen molar-refractivity contribution in [2.45, 2.75) is 25.9 Å². The molecule has 1 unspecified atom stereocenters. The molecule has 0 saturated heterocycles. The maximum atomic E-state index is 11.8. The number of hydrogen-bond acceptors (Lipinski definition) is 3. The largest absolute Gasteiger partial charge is 0.391 e. The third-order valence-electron chi connectivity index (χ3n) is 3.11. The molecule has 5 nitrogen and oxygen atoms in total. The first-order valence-corrected chi connectivity index (χ1v) is 6.40. The molecule has 0 aliphatic heterocycles. The molecule has 102 valence electrons. The number of amides is 2. The maximum absolute atomic E-state index is 11.8. The number of rotatable bonds is 5. The molecular formula is C14H18N2O3. The Morgan fingerprint density at radius 2 is 1.95 bits per heavy atom. The first-order chi connectivity index (χ1) is 9.06. The Hall–Kier alpha value is -1.88. The second kappa shape index (κ2) is 5.84. The molecule has 0 spiro atoms. The Kier molecular flexibility index (Phi) is 4.16. The average molecular weight is 262 g/mol. The van der Waals surface area contributed by atoms with Crippen LogP contribution in [0.25, 0.3) is 0 Å². The lowest BCUT2D eigenvalue weighted by Gasteiger charge is -2.11. The molecular weight excluding hydrogens is 244 g/mol. The van der Waals surface area contributed by atoms with Gasteiger partial charge in [0.1, 0.15) is 0 Å². The number of anilines is 1. The maximum Gasteiger partial charge on any atom is 0.251 e. The lowest BCUT2D eigenvalue weighted by molar-refractivity contribution is -0.114. The van der Waals surface area contributed by atoms with E-state index in [0.29, 0.717) is 17.2 Å². The highest BCUT2D eigenvalue weighted by Gasteiger charge is 2.29. The molecule has 0 heterocycles. The van der Waals surface area contributed by atoms with Crippen LogP contribution in [-0.2, 0) is 4.79 Å². The van der Waals surface area contributed by atoms with Crippen LogP contribution < -0.4 is 10.6 Å². The van der Waals surface area contributed by atoms with Gasteiger partial charge in [-0.3, -0.25) is 9.59 Å². The molecule has 2 amide bonds. The Labute approximate surface area is 112 Å². The summed E-state index contributed by atoms with van der Waals surface area (Å²) in [4.78, 5) is 22.7. The first-order valence-electron chi connectivity index (χ1n) is 6.40. The number of benzene rings is 1. The Morgan fingerprint density at radius 3 is 2.47 bits per heavy atom. The lowest BCUT2D eigenvalue weighted by Crippen LogP contribution is -2.33. The molecule has 3 N–H and O–H groups in total. The summed E-state index contributed by atoms with van der Waals surface area (Å²) >= 11 is 0. The van der Waals surface area contributed by atoms with Crippen molar-refractivity contribution >= 4 is 17.5 Å². The molecule has 19 heavy (non-hydrogen) atoms. The predicted octanol–water partition coefficient (Wildman–Crippen LogP) is 1.15. The van der Waals surface area contributed by atoms with E-state index in [9.17, 15) is 14.7 Å². The van der Waals surface area contributed by atoms with Gasteiger partial charge in [-0.05, 0) is 43.0 Å². The summed E-state index contributed by atoms with van der Waals surface area (Å²) in [5.41, 5.74) is 1.17. The standard InChI is InChI=1S/C14H18N2O3/c1-9(17)16-12-6-4-11(5-7-12)14(19)15-8-13(18)10-2-3-10/h4-7,10,13,18H,2-3,8H2,1H3,(H,15,19)(H,16,17). The summed E-state index contributed by atoms with van der Waals surface area (Å²) in [6.07, 6.45) is 1.65. The van der Waals surface area contributed by atoms with Crippen LogP contribution in [0.5, 0.6) is 0 Å². The minimum atomic E-state index is -0.442. The van der Waals surface area contributed by atoms with Gasteiger partial charge in [-0.15, -0.1) is 0 Å². The molecule has 1 aromatic rings. The van der Waals surface area contributed by atoms with Crippen LogP contribution in [0.15, 0.2) is 24.3 Å². The fraction of sp³-hybridized carbons (Fsp3) is 0.429. The van der Waals surface area contributed by atoms with Gasteiger partial charge in [0.2, 0.25) is 5.91 Å². The van der Waals surface area contributed by atoms with Gasteiger partial charge in [-0.25, -0.2) is 0 Å². The molecule has 2 rings (SSSR count). The summed E-state index contributed by atoms with van der Waals surface area (Å²) in [6.45, 7) is 1.72. The minimum absolute atomic E-state index is 0.148. The van der Waals surface area contributed by atoms with Crippen molar-refractivity contribution in [1.29, 1.82) is 0 Å². The van der Waals surface area contributed by atoms with Crippen molar-refractivity contribution in [3.8, 4) is 0 Å². The number of nitrogens with one attached hydrogen (secondary N) is 2. The Balaban J connectivity index is 1.86. The zero-order valence-electron chi connectivity index (χ0n) is 10.8. The van der Waals surface area contributed by atoms with Crippen LogP contribution in [0, 0.1) is 5.92 Å². The van der Waals surface area contributed by atoms with Crippen LogP contribution in [0.1, 0.15) is 30.1 Å². The van der Waals surface area contributed by atoms with Gasteiger partial charge in [-0.2, -0.15) is 0 Å². The fourth-order valence-corrected chi connectivity index (χ4v) is 1.86. The minimum Gasteiger partial charge on any atom is -0.391 e. The molecule has 1 atom stereocenters. The van der Waals surface area contributed by atoms with Crippen LogP contribution in [0.2, 0.25) is 0 Å². The van der Waals surface area contributed by atoms with Gasteiger partial charge >= 0.3 is 0 Å². The van der Waals surface area contributed by atoms with Crippen molar-refractivity contribution < 1.29 is 14.7 Å². The summed E-state index contributed by atoms with van der Waals surface area (Å²) in [5, 5.41) is 15.0. The second-order valence-electron chi connectivity index (χ2n) is 4.87. The van der Waals surface area contributed by atoms with Crippen LogP contribution in [0.3, 0.4) is 0 Å². The van der Waals surface area contributed by atoms with Gasteiger partial charge in [0.05, 0.1) is 6.10 Å². The number of aliphatic hydroxyl groups excluding tert-OH is 1. The zero-order valence-corrected chi connectivity index (χ0v) is 10.8. The molecule has 1 aliphatic rings. The molecule has 1 aromatic carbocycles. The van der Waals surface area contributed by atoms with E-state index >= 15 is 0 Å². The van der Waals surface area contributed by atoms with E-state index < -0.39 is 6.10 Å². The van der Waals surface area contributed by atoms with E-state index in [2.05, 4.69) is 10.6 Å². The van der Waals surface area contributed by atoms with E-state index in [4.69, 9.17) is 0 Å². The SMILES string of the molecule is CC(=O)Nc1ccc(C(=O)NCC(O)C2CC2)cc1. The molecule has 1 aliphatic carbocycles. The first kappa shape index (κ1) is 13.5. The molecule has 0 bridgehead atoms. The van der Waals surface area contributed by atoms with Crippen molar-refractivity contribution in [3.05, 3.63) is 29.8 Å². The van der Waals surface area contributed by atoms with Gasteiger partial charge < -0.3 is 15.7 Å². The fourth-order valence-electron chi connectivity index (χ4n) is 1.86. The Bertz CT molecular complexity index is 466. The highest BCUT2D eigenvalue weighted by atomic mass is 16.3. The summed E-state index contributed by atoms with van der Waals surface area (Å²) in [7, 11) is 0. The van der Waals surface area contributed by atoms with Crippen molar-refractivity contribution in [3.63, 3.8) is 0 Å². The van der Waals surface area contributed by atoms with Gasteiger partial charge in [-0.1, -0.05) is 0 Å². The van der Waals surface area contributed by atoms with Gasteiger partial charge in [0.15, 0.2) is 0 Å². The number of aliphatic hydroxyl groups is 1. The second-order valence-corrected chi connectivity index (χ2v) is 4.87. The van der Waals surface area contributed by atoms with Crippen molar-refractivity contribution in [2.24, 2.45) is 5.92 Å². The van der Waals surface area contributed by atoms with E-state index in [1.165, 1.54) is 6.92 Å². The molecule has 1 saturated carbocycles. The summed E-state index contributed by atoms with van der Waals surface area (Å²) in [6, 6.07) is 6.63. The topological polar surface area (TPSA) is 78.4 Å². The molecule has 0 radical (unpaired) electrons. The third-order valence-corrected chi connectivity index (χ3v) is 3.11. The quantitative estimate of drug-likeness (QED) is 0.744. The van der Waals surface area contributed by atoms with Crippen LogP contribution in [0.4, 0.5) is 5.69 Å². The van der Waals surface area contributed by atoms with Crippen molar-refractivity contribution in [2.75, 3.05) is 11.9 Å². The van der Waals surface area contributed by atoms with Gasteiger partial charge in [0, 0.05) is 24.7 Å². The molecule has 1 fully saturated rings. The zero-order chi connectivity index (χ0) is 13.8. The summed E-state index contributed by atoms with van der Waals surface area (Å²) < 4.78 is 0. The van der Waals surface area contributed by atoms with Crippen molar-refractivity contribution in [1.82, 2.24) is 5.32 Å². The lowest BCUT2D eigenvalue weighted by atomic mass is 10.2.